The molecular formula is C19H22N3O2S+. The maximum atomic E-state index is 5.55. The first-order valence-electron chi connectivity index (χ1n) is 8.61. The third-order valence-corrected chi connectivity index (χ3v) is 5.03. The average Bonchev–Trinajstić information content (AvgIpc) is 3.11. The summed E-state index contributed by atoms with van der Waals surface area (Å²) in [6.07, 6.45) is 0. The van der Waals surface area contributed by atoms with Crippen LogP contribution < -0.4 is 19.7 Å². The Balaban J connectivity index is 1.29. The molecule has 0 saturated carbocycles. The Morgan fingerprint density at radius 1 is 1.04 bits per heavy atom. The van der Waals surface area contributed by atoms with E-state index in [9.17, 15) is 0 Å². The van der Waals surface area contributed by atoms with Crippen molar-refractivity contribution >= 4 is 23.0 Å². The first-order chi connectivity index (χ1) is 12.3. The second-order valence-electron chi connectivity index (χ2n) is 6.40. The second-order valence-corrected chi connectivity index (χ2v) is 6.78. The number of rotatable bonds is 3. The summed E-state index contributed by atoms with van der Waals surface area (Å²) < 4.78 is 10.8. The van der Waals surface area contributed by atoms with Gasteiger partial charge in [0.15, 0.2) is 16.6 Å². The number of ether oxygens (including phenoxy) is 2. The summed E-state index contributed by atoms with van der Waals surface area (Å²) in [5, 5.41) is 4.14. The molecule has 25 heavy (non-hydrogen) atoms. The van der Waals surface area contributed by atoms with Gasteiger partial charge in [0.2, 0.25) is 6.79 Å². The molecule has 2 aromatic rings. The van der Waals surface area contributed by atoms with E-state index >= 15 is 0 Å². The van der Waals surface area contributed by atoms with Gasteiger partial charge in [0.1, 0.15) is 6.54 Å². The maximum absolute atomic E-state index is 5.55. The third-order valence-electron chi connectivity index (χ3n) is 4.67. The van der Waals surface area contributed by atoms with Gasteiger partial charge < -0.3 is 24.6 Å². The SMILES string of the molecule is S=C(Nc1ccccc1)N1CC[NH+](Cc2ccc3c(c2)OCO3)CC1. The molecule has 2 aromatic carbocycles. The summed E-state index contributed by atoms with van der Waals surface area (Å²) in [4.78, 5) is 3.82. The number of benzene rings is 2. The summed E-state index contributed by atoms with van der Waals surface area (Å²) in [5.41, 5.74) is 2.33. The van der Waals surface area contributed by atoms with Crippen LogP contribution in [0, 0.1) is 0 Å². The van der Waals surface area contributed by atoms with Gasteiger partial charge in [0, 0.05) is 11.3 Å². The molecule has 0 aromatic heterocycles. The van der Waals surface area contributed by atoms with Crippen LogP contribution in [-0.2, 0) is 6.54 Å². The van der Waals surface area contributed by atoms with Gasteiger partial charge in [-0.2, -0.15) is 0 Å². The molecule has 0 aliphatic carbocycles. The summed E-state index contributed by atoms with van der Waals surface area (Å²) in [7, 11) is 0. The number of piperazine rings is 1. The topological polar surface area (TPSA) is 38.2 Å². The van der Waals surface area contributed by atoms with Gasteiger partial charge in [0.05, 0.1) is 26.2 Å². The van der Waals surface area contributed by atoms with E-state index in [1.807, 2.05) is 36.4 Å². The standard InChI is InChI=1S/C19H21N3O2S/c25-19(20-16-4-2-1-3-5-16)22-10-8-21(9-11-22)13-15-6-7-17-18(12-15)24-14-23-17/h1-7,12H,8-11,13-14H2,(H,20,25)/p+1. The molecule has 0 amide bonds. The monoisotopic (exact) mass is 356 g/mol. The van der Waals surface area contributed by atoms with Crippen LogP contribution >= 0.6 is 12.2 Å². The lowest BCUT2D eigenvalue weighted by molar-refractivity contribution is -0.917. The fourth-order valence-corrected chi connectivity index (χ4v) is 3.57. The van der Waals surface area contributed by atoms with Crippen LogP contribution in [0.25, 0.3) is 0 Å². The Labute approximate surface area is 153 Å². The first kappa shape index (κ1) is 16.2. The van der Waals surface area contributed by atoms with Gasteiger partial charge in [-0.15, -0.1) is 0 Å². The van der Waals surface area contributed by atoms with E-state index in [-0.39, 0.29) is 0 Å². The van der Waals surface area contributed by atoms with E-state index in [0.717, 1.165) is 55.0 Å². The van der Waals surface area contributed by atoms with Crippen LogP contribution in [0.5, 0.6) is 11.5 Å². The maximum Gasteiger partial charge on any atom is 0.231 e. The fraction of sp³-hybridized carbons (Fsp3) is 0.316. The number of nitrogens with one attached hydrogen (secondary N) is 2. The lowest BCUT2D eigenvalue weighted by Gasteiger charge is -2.34. The number of anilines is 1. The van der Waals surface area contributed by atoms with Gasteiger partial charge in [-0.05, 0) is 42.5 Å². The number of quaternary nitrogens is 1. The largest absolute Gasteiger partial charge is 0.454 e. The number of nitrogens with zero attached hydrogens (tertiary/aromatic N) is 1. The van der Waals surface area contributed by atoms with Crippen LogP contribution in [0.4, 0.5) is 5.69 Å². The second kappa shape index (κ2) is 7.29. The van der Waals surface area contributed by atoms with Crippen LogP contribution in [0.3, 0.4) is 0 Å². The smallest absolute Gasteiger partial charge is 0.231 e. The van der Waals surface area contributed by atoms with E-state index in [1.165, 1.54) is 5.56 Å². The molecule has 6 heteroatoms. The van der Waals surface area contributed by atoms with Crippen LogP contribution in [0.1, 0.15) is 5.56 Å². The van der Waals surface area contributed by atoms with Gasteiger partial charge in [-0.25, -0.2) is 0 Å². The molecule has 5 nitrogen and oxygen atoms in total. The van der Waals surface area contributed by atoms with E-state index < -0.39 is 0 Å². The van der Waals surface area contributed by atoms with Crippen molar-refractivity contribution in [1.82, 2.24) is 4.90 Å². The highest BCUT2D eigenvalue weighted by Gasteiger charge is 2.23. The first-order valence-corrected chi connectivity index (χ1v) is 9.02. The van der Waals surface area contributed by atoms with Gasteiger partial charge in [0.25, 0.3) is 0 Å². The van der Waals surface area contributed by atoms with Crippen molar-refractivity contribution in [3.8, 4) is 11.5 Å². The van der Waals surface area contributed by atoms with E-state index in [4.69, 9.17) is 21.7 Å². The number of hydrogen-bond acceptors (Lipinski definition) is 3. The Kier molecular flexibility index (Phi) is 4.72. The Hall–Kier alpha value is -2.31. The molecule has 2 aliphatic heterocycles. The van der Waals surface area contributed by atoms with Crippen molar-refractivity contribution in [2.24, 2.45) is 0 Å². The summed E-state index contributed by atoms with van der Waals surface area (Å²) in [6, 6.07) is 16.3. The van der Waals surface area contributed by atoms with Crippen molar-refractivity contribution in [3.05, 3.63) is 54.1 Å². The number of fused-ring (bicyclic) bond motifs is 1. The quantitative estimate of drug-likeness (QED) is 0.816. The predicted octanol–water partition coefficient (Wildman–Crippen LogP) is 1.51. The van der Waals surface area contributed by atoms with Crippen LogP contribution in [0.2, 0.25) is 0 Å². The molecular weight excluding hydrogens is 334 g/mol. The summed E-state index contributed by atoms with van der Waals surface area (Å²) in [5.74, 6) is 1.71. The van der Waals surface area contributed by atoms with Crippen molar-refractivity contribution in [2.75, 3.05) is 38.3 Å². The molecule has 0 bridgehead atoms. The summed E-state index contributed by atoms with van der Waals surface area (Å²) >= 11 is 5.55. The molecule has 2 N–H and O–H groups in total. The van der Waals surface area contributed by atoms with Crippen molar-refractivity contribution < 1.29 is 14.4 Å². The van der Waals surface area contributed by atoms with E-state index in [0.29, 0.717) is 6.79 Å². The third kappa shape index (κ3) is 3.86. The molecule has 1 saturated heterocycles. The minimum Gasteiger partial charge on any atom is -0.454 e. The predicted molar refractivity (Wildman–Crippen MR) is 101 cm³/mol. The lowest BCUT2D eigenvalue weighted by atomic mass is 10.1. The molecule has 130 valence electrons. The lowest BCUT2D eigenvalue weighted by Crippen LogP contribution is -3.13. The van der Waals surface area contributed by atoms with E-state index in [2.05, 4.69) is 22.3 Å². The highest BCUT2D eigenvalue weighted by Crippen LogP contribution is 2.32. The molecule has 0 atom stereocenters. The molecule has 0 radical (unpaired) electrons. The molecule has 0 unspecified atom stereocenters. The Morgan fingerprint density at radius 2 is 1.80 bits per heavy atom. The zero-order valence-electron chi connectivity index (χ0n) is 14.0. The number of hydrogen-bond donors (Lipinski definition) is 2. The molecule has 2 aliphatic rings. The van der Waals surface area contributed by atoms with Crippen molar-refractivity contribution in [2.45, 2.75) is 6.54 Å². The zero-order chi connectivity index (χ0) is 17.1. The number of para-hydroxylation sites is 1. The number of thiocarbonyl (C=S) groups is 1. The molecule has 4 rings (SSSR count). The highest BCUT2D eigenvalue weighted by atomic mass is 32.1. The summed E-state index contributed by atoms with van der Waals surface area (Å²) in [6.45, 7) is 5.42. The normalized spacial score (nSPS) is 16.7. The Bertz CT molecular complexity index is 746. The molecule has 2 heterocycles. The fourth-order valence-electron chi connectivity index (χ4n) is 3.27. The van der Waals surface area contributed by atoms with Crippen LogP contribution in [0.15, 0.2) is 48.5 Å². The minimum atomic E-state index is 0.330. The van der Waals surface area contributed by atoms with Crippen molar-refractivity contribution in [1.29, 1.82) is 0 Å². The molecule has 1 fully saturated rings. The zero-order valence-corrected chi connectivity index (χ0v) is 14.8. The van der Waals surface area contributed by atoms with Gasteiger partial charge >= 0.3 is 0 Å². The van der Waals surface area contributed by atoms with Crippen LogP contribution in [-0.4, -0.2) is 43.0 Å². The average molecular weight is 356 g/mol. The molecule has 0 spiro atoms. The highest BCUT2D eigenvalue weighted by molar-refractivity contribution is 7.80. The Morgan fingerprint density at radius 3 is 2.60 bits per heavy atom. The van der Waals surface area contributed by atoms with Gasteiger partial charge in [-0.1, -0.05) is 18.2 Å². The minimum absolute atomic E-state index is 0.330. The van der Waals surface area contributed by atoms with E-state index in [1.54, 1.807) is 4.90 Å². The van der Waals surface area contributed by atoms with Gasteiger partial charge in [-0.3, -0.25) is 0 Å². The van der Waals surface area contributed by atoms with Crippen molar-refractivity contribution in [3.63, 3.8) is 0 Å².